The van der Waals surface area contributed by atoms with Gasteiger partial charge in [-0.3, -0.25) is 4.79 Å². The standard InChI is InChI=1S/C22H46N2O/c1-5-6-7-8-14-17-20-24(3,4)21-18-15-12-10-9-11-13-16-19-22(25)23-2/h2,5-21H2,1,3-4H3,(H,23,25)/q+1. The summed E-state index contributed by atoms with van der Waals surface area (Å²) in [6.45, 7) is 4.95. The molecule has 0 aromatic carbocycles. The summed E-state index contributed by atoms with van der Waals surface area (Å²) in [5, 5.41) is 2.44. The van der Waals surface area contributed by atoms with E-state index in [2.05, 4.69) is 33.4 Å². The van der Waals surface area contributed by atoms with Gasteiger partial charge in [0.2, 0.25) is 5.91 Å². The summed E-state index contributed by atoms with van der Waals surface area (Å²) in [4.78, 5) is 11.0. The van der Waals surface area contributed by atoms with Crippen LogP contribution >= 0.6 is 0 Å². The maximum atomic E-state index is 11.0. The molecule has 0 aliphatic rings. The van der Waals surface area contributed by atoms with Crippen molar-refractivity contribution in [1.82, 2.24) is 5.32 Å². The fraction of sp³-hybridized carbons (Fsp3) is 0.909. The molecule has 0 rings (SSSR count). The lowest BCUT2D eigenvalue weighted by atomic mass is 10.1. The Bertz CT molecular complexity index is 302. The van der Waals surface area contributed by atoms with E-state index in [-0.39, 0.29) is 5.91 Å². The topological polar surface area (TPSA) is 29.1 Å². The molecule has 0 aliphatic carbocycles. The summed E-state index contributed by atoms with van der Waals surface area (Å²) in [7, 11) is 8.18. The lowest BCUT2D eigenvalue weighted by molar-refractivity contribution is -0.890. The van der Waals surface area contributed by atoms with Gasteiger partial charge in [0, 0.05) is 13.5 Å². The van der Waals surface area contributed by atoms with E-state index in [1.54, 1.807) is 0 Å². The molecule has 0 bridgehead atoms. The molecule has 0 saturated carbocycles. The average molecular weight is 355 g/mol. The predicted octanol–water partition coefficient (Wildman–Crippen LogP) is 5.84. The van der Waals surface area contributed by atoms with Crippen molar-refractivity contribution in [3.8, 4) is 0 Å². The van der Waals surface area contributed by atoms with E-state index in [9.17, 15) is 4.79 Å². The number of amides is 1. The Morgan fingerprint density at radius 1 is 0.720 bits per heavy atom. The number of nitrogens with one attached hydrogen (secondary N) is 1. The highest BCUT2D eigenvalue weighted by molar-refractivity contribution is 5.75. The zero-order valence-corrected chi connectivity index (χ0v) is 17.6. The molecule has 0 fully saturated rings. The third kappa shape index (κ3) is 18.0. The van der Waals surface area contributed by atoms with E-state index in [0.29, 0.717) is 6.42 Å². The molecule has 0 unspecified atom stereocenters. The molecule has 3 heteroatoms. The third-order valence-corrected chi connectivity index (χ3v) is 5.23. The Balaban J connectivity index is 3.35. The molecule has 25 heavy (non-hydrogen) atoms. The van der Waals surface area contributed by atoms with Crippen LogP contribution in [0.2, 0.25) is 0 Å². The number of quaternary nitrogens is 1. The van der Waals surface area contributed by atoms with Crippen LogP contribution in [0.4, 0.5) is 0 Å². The first-order chi connectivity index (χ1) is 12.0. The van der Waals surface area contributed by atoms with Gasteiger partial charge in [-0.2, -0.15) is 0 Å². The second-order valence-corrected chi connectivity index (χ2v) is 8.33. The highest BCUT2D eigenvalue weighted by atomic mass is 16.1. The molecule has 1 N–H and O–H groups in total. The van der Waals surface area contributed by atoms with Crippen molar-refractivity contribution in [1.29, 1.82) is 0 Å². The molecule has 3 nitrogen and oxygen atoms in total. The first-order valence-electron chi connectivity index (χ1n) is 10.9. The molecule has 0 aromatic heterocycles. The first kappa shape index (κ1) is 24.4. The second-order valence-electron chi connectivity index (χ2n) is 8.33. The normalized spacial score (nSPS) is 11.7. The smallest absolute Gasteiger partial charge is 0.220 e. The lowest BCUT2D eigenvalue weighted by Crippen LogP contribution is -2.41. The quantitative estimate of drug-likeness (QED) is 0.243. The number of rotatable bonds is 18. The number of nitrogens with zero attached hydrogens (tertiary/aromatic N) is 1. The van der Waals surface area contributed by atoms with Crippen molar-refractivity contribution >= 4 is 5.91 Å². The Morgan fingerprint density at radius 2 is 1.12 bits per heavy atom. The molecule has 0 aromatic rings. The van der Waals surface area contributed by atoms with E-state index in [1.807, 2.05) is 0 Å². The van der Waals surface area contributed by atoms with Gasteiger partial charge in [0.25, 0.3) is 0 Å². The van der Waals surface area contributed by atoms with E-state index < -0.39 is 0 Å². The van der Waals surface area contributed by atoms with Crippen LogP contribution in [0.3, 0.4) is 0 Å². The molecule has 149 valence electrons. The predicted molar refractivity (Wildman–Crippen MR) is 110 cm³/mol. The number of carbonyl (C=O) groups excluding carboxylic acids is 1. The average Bonchev–Trinajstić information content (AvgIpc) is 2.59. The van der Waals surface area contributed by atoms with E-state index in [0.717, 1.165) is 6.42 Å². The fourth-order valence-electron chi connectivity index (χ4n) is 3.41. The number of unbranched alkanes of at least 4 members (excludes halogenated alkanes) is 12. The van der Waals surface area contributed by atoms with Crippen LogP contribution in [-0.2, 0) is 4.79 Å². The van der Waals surface area contributed by atoms with E-state index >= 15 is 0 Å². The van der Waals surface area contributed by atoms with Crippen LogP contribution in [0.15, 0.2) is 0 Å². The molecule has 0 atom stereocenters. The summed E-state index contributed by atoms with van der Waals surface area (Å²) in [6, 6.07) is 0. The molecule has 1 radical (unpaired) electrons. The minimum Gasteiger partial charge on any atom is -0.354 e. The SMILES string of the molecule is [CH2]NC(=O)CCCCCCCCCC[N+](C)(C)CCCCCCCC. The molecule has 0 aliphatic heterocycles. The minimum atomic E-state index is 0.0710. The Labute approximate surface area is 158 Å². The van der Waals surface area contributed by atoms with Gasteiger partial charge in [-0.25, -0.2) is 0 Å². The van der Waals surface area contributed by atoms with Gasteiger partial charge in [0.15, 0.2) is 0 Å². The van der Waals surface area contributed by atoms with Gasteiger partial charge in [-0.05, 0) is 32.1 Å². The van der Waals surface area contributed by atoms with Crippen molar-refractivity contribution in [2.75, 3.05) is 27.2 Å². The fourth-order valence-corrected chi connectivity index (χ4v) is 3.41. The van der Waals surface area contributed by atoms with Crippen LogP contribution in [0.25, 0.3) is 0 Å². The molecular formula is C22H46N2O+. The van der Waals surface area contributed by atoms with Crippen LogP contribution < -0.4 is 5.32 Å². The van der Waals surface area contributed by atoms with Gasteiger partial charge in [0.05, 0.1) is 27.2 Å². The largest absolute Gasteiger partial charge is 0.354 e. The van der Waals surface area contributed by atoms with Crippen LogP contribution in [0, 0.1) is 7.05 Å². The lowest BCUT2D eigenvalue weighted by Gasteiger charge is -2.30. The Kier molecular flexibility index (Phi) is 16.5. The van der Waals surface area contributed by atoms with E-state index in [1.165, 1.54) is 101 Å². The summed E-state index contributed by atoms with van der Waals surface area (Å²) in [5.74, 6) is 0.0710. The zero-order valence-electron chi connectivity index (χ0n) is 17.6. The van der Waals surface area contributed by atoms with Crippen molar-refractivity contribution in [2.45, 2.75) is 103 Å². The molecule has 1 amide bonds. The number of hydrogen-bond acceptors (Lipinski definition) is 1. The summed E-state index contributed by atoms with van der Waals surface area (Å²) >= 11 is 0. The second kappa shape index (κ2) is 16.9. The Hall–Kier alpha value is -0.570. The zero-order chi connectivity index (χ0) is 18.8. The summed E-state index contributed by atoms with van der Waals surface area (Å²) < 4.78 is 1.20. The van der Waals surface area contributed by atoms with Crippen molar-refractivity contribution in [2.24, 2.45) is 0 Å². The van der Waals surface area contributed by atoms with Gasteiger partial charge in [0.1, 0.15) is 0 Å². The van der Waals surface area contributed by atoms with Crippen molar-refractivity contribution in [3.05, 3.63) is 7.05 Å². The van der Waals surface area contributed by atoms with E-state index in [4.69, 9.17) is 0 Å². The van der Waals surface area contributed by atoms with Gasteiger partial charge in [-0.15, -0.1) is 0 Å². The monoisotopic (exact) mass is 354 g/mol. The molecule has 0 heterocycles. The highest BCUT2D eigenvalue weighted by Gasteiger charge is 2.13. The van der Waals surface area contributed by atoms with Crippen molar-refractivity contribution < 1.29 is 9.28 Å². The van der Waals surface area contributed by atoms with Gasteiger partial charge < -0.3 is 9.80 Å². The van der Waals surface area contributed by atoms with Crippen molar-refractivity contribution in [3.63, 3.8) is 0 Å². The Morgan fingerprint density at radius 3 is 1.56 bits per heavy atom. The summed E-state index contributed by atoms with van der Waals surface area (Å²) in [5.41, 5.74) is 0. The molecular weight excluding hydrogens is 308 g/mol. The minimum absolute atomic E-state index is 0.0710. The van der Waals surface area contributed by atoms with Crippen LogP contribution in [0.1, 0.15) is 103 Å². The maximum absolute atomic E-state index is 11.0. The maximum Gasteiger partial charge on any atom is 0.220 e. The van der Waals surface area contributed by atoms with Gasteiger partial charge in [-0.1, -0.05) is 64.7 Å². The number of carbonyl (C=O) groups is 1. The highest BCUT2D eigenvalue weighted by Crippen LogP contribution is 2.12. The first-order valence-corrected chi connectivity index (χ1v) is 10.9. The molecule has 0 spiro atoms. The number of hydrogen-bond donors (Lipinski definition) is 1. The van der Waals surface area contributed by atoms with Crippen LogP contribution in [0.5, 0.6) is 0 Å². The molecule has 0 saturated heterocycles. The summed E-state index contributed by atoms with van der Waals surface area (Å²) in [6.07, 6.45) is 19.3. The third-order valence-electron chi connectivity index (χ3n) is 5.23. The van der Waals surface area contributed by atoms with Gasteiger partial charge >= 0.3 is 0 Å². The van der Waals surface area contributed by atoms with Crippen LogP contribution in [-0.4, -0.2) is 37.6 Å².